The summed E-state index contributed by atoms with van der Waals surface area (Å²) in [6.07, 6.45) is 0. The minimum Gasteiger partial charge on any atom is -0.0561 e. The average molecular weight is 161 g/mol. The topological polar surface area (TPSA) is 0 Å². The van der Waals surface area contributed by atoms with Crippen LogP contribution in [0, 0.1) is 19.9 Å². The molecule has 1 rings (SSSR count). The van der Waals surface area contributed by atoms with E-state index in [-0.39, 0.29) is 5.41 Å². The second-order valence-electron chi connectivity index (χ2n) is 4.49. The Morgan fingerprint density at radius 2 is 1.42 bits per heavy atom. The van der Waals surface area contributed by atoms with Crippen LogP contribution in [0.25, 0.3) is 0 Å². The van der Waals surface area contributed by atoms with Crippen LogP contribution in [0.1, 0.15) is 37.5 Å². The number of hydrogen-bond acceptors (Lipinski definition) is 0. The molecule has 1 aromatic carbocycles. The van der Waals surface area contributed by atoms with Crippen LogP contribution in [0.15, 0.2) is 12.1 Å². The van der Waals surface area contributed by atoms with Gasteiger partial charge in [-0.05, 0) is 42.0 Å². The molecular weight excluding hydrogens is 144 g/mol. The molecule has 0 aliphatic heterocycles. The van der Waals surface area contributed by atoms with E-state index in [2.05, 4.69) is 52.8 Å². The van der Waals surface area contributed by atoms with Crippen molar-refractivity contribution in [2.75, 3.05) is 0 Å². The maximum absolute atomic E-state index is 3.28. The molecule has 0 saturated carbocycles. The van der Waals surface area contributed by atoms with E-state index in [0.717, 1.165) is 0 Å². The van der Waals surface area contributed by atoms with Crippen molar-refractivity contribution in [3.63, 3.8) is 0 Å². The lowest BCUT2D eigenvalue weighted by Gasteiger charge is -2.20. The van der Waals surface area contributed by atoms with Crippen molar-refractivity contribution < 1.29 is 0 Å². The summed E-state index contributed by atoms with van der Waals surface area (Å²) in [4.78, 5) is 0. The quantitative estimate of drug-likeness (QED) is 0.547. The lowest BCUT2D eigenvalue weighted by atomic mass is 9.85. The van der Waals surface area contributed by atoms with Crippen molar-refractivity contribution in [3.05, 3.63) is 34.9 Å². The standard InChI is InChI=1S/C12H17/c1-9-6-10(2)8-11(7-9)12(3,4)5/h7-8H,1-5H3. The van der Waals surface area contributed by atoms with E-state index >= 15 is 0 Å². The molecule has 0 N–H and O–H groups in total. The molecule has 0 amide bonds. The zero-order valence-corrected chi connectivity index (χ0v) is 8.65. The molecule has 0 saturated heterocycles. The number of benzene rings is 1. The first-order valence-corrected chi connectivity index (χ1v) is 4.40. The molecule has 1 aromatic rings. The Morgan fingerprint density at radius 1 is 1.00 bits per heavy atom. The number of hydrogen-bond donors (Lipinski definition) is 0. The zero-order valence-electron chi connectivity index (χ0n) is 8.65. The van der Waals surface area contributed by atoms with Gasteiger partial charge in [-0.25, -0.2) is 0 Å². The first kappa shape index (κ1) is 9.31. The molecule has 0 unspecified atom stereocenters. The molecule has 12 heavy (non-hydrogen) atoms. The molecule has 0 aliphatic carbocycles. The van der Waals surface area contributed by atoms with Crippen molar-refractivity contribution in [3.8, 4) is 0 Å². The summed E-state index contributed by atoms with van der Waals surface area (Å²) in [5.74, 6) is 0. The summed E-state index contributed by atoms with van der Waals surface area (Å²) in [5, 5.41) is 0. The van der Waals surface area contributed by atoms with Gasteiger partial charge in [-0.2, -0.15) is 0 Å². The fourth-order valence-corrected chi connectivity index (χ4v) is 1.32. The highest BCUT2D eigenvalue weighted by Gasteiger charge is 2.13. The summed E-state index contributed by atoms with van der Waals surface area (Å²) in [5.41, 5.74) is 4.13. The number of rotatable bonds is 0. The van der Waals surface area contributed by atoms with E-state index in [9.17, 15) is 0 Å². The zero-order chi connectivity index (χ0) is 9.35. The highest BCUT2D eigenvalue weighted by atomic mass is 14.2. The normalized spacial score (nSPS) is 11.8. The lowest BCUT2D eigenvalue weighted by molar-refractivity contribution is 0.589. The Hall–Kier alpha value is -0.780. The Balaban J connectivity index is 3.18. The Labute approximate surface area is 75.6 Å². The summed E-state index contributed by atoms with van der Waals surface area (Å²) >= 11 is 0. The first-order chi connectivity index (χ1) is 5.39. The van der Waals surface area contributed by atoms with Gasteiger partial charge in [0.25, 0.3) is 0 Å². The van der Waals surface area contributed by atoms with Crippen LogP contribution in [0.2, 0.25) is 0 Å². The Bertz CT molecular complexity index is 256. The van der Waals surface area contributed by atoms with Crippen LogP contribution in [0.5, 0.6) is 0 Å². The highest BCUT2D eigenvalue weighted by molar-refractivity contribution is 5.31. The van der Waals surface area contributed by atoms with Crippen LogP contribution in [-0.4, -0.2) is 0 Å². The van der Waals surface area contributed by atoms with Crippen molar-refractivity contribution >= 4 is 0 Å². The van der Waals surface area contributed by atoms with Crippen molar-refractivity contribution in [1.29, 1.82) is 0 Å². The van der Waals surface area contributed by atoms with E-state index in [4.69, 9.17) is 0 Å². The maximum Gasteiger partial charge on any atom is -0.0120 e. The third kappa shape index (κ3) is 2.10. The second-order valence-corrected chi connectivity index (χ2v) is 4.49. The van der Waals surface area contributed by atoms with E-state index < -0.39 is 0 Å². The molecule has 0 fully saturated rings. The van der Waals surface area contributed by atoms with E-state index in [1.807, 2.05) is 0 Å². The molecule has 65 valence electrons. The summed E-state index contributed by atoms with van der Waals surface area (Å²) in [6, 6.07) is 7.71. The van der Waals surface area contributed by atoms with Crippen LogP contribution >= 0.6 is 0 Å². The van der Waals surface area contributed by atoms with Crippen LogP contribution in [-0.2, 0) is 5.41 Å². The van der Waals surface area contributed by atoms with Crippen LogP contribution in [0.4, 0.5) is 0 Å². The number of aryl methyl sites for hydroxylation is 2. The van der Waals surface area contributed by atoms with Gasteiger partial charge in [0.1, 0.15) is 0 Å². The summed E-state index contributed by atoms with van der Waals surface area (Å²) < 4.78 is 0. The molecule has 0 nitrogen and oxygen atoms in total. The molecule has 0 atom stereocenters. The van der Waals surface area contributed by atoms with Gasteiger partial charge >= 0.3 is 0 Å². The molecule has 0 heterocycles. The van der Waals surface area contributed by atoms with E-state index in [0.29, 0.717) is 0 Å². The van der Waals surface area contributed by atoms with Gasteiger partial charge in [0.05, 0.1) is 0 Å². The largest absolute Gasteiger partial charge is 0.0561 e. The SMILES string of the molecule is Cc1[c]c(C)cc(C(C)(C)C)c1. The Kier molecular flexibility index (Phi) is 2.27. The van der Waals surface area contributed by atoms with Crippen LogP contribution in [0.3, 0.4) is 0 Å². The first-order valence-electron chi connectivity index (χ1n) is 4.40. The minimum atomic E-state index is 0.255. The van der Waals surface area contributed by atoms with Gasteiger partial charge < -0.3 is 0 Å². The third-order valence-corrected chi connectivity index (χ3v) is 2.00. The van der Waals surface area contributed by atoms with E-state index in [1.165, 1.54) is 16.7 Å². The monoisotopic (exact) mass is 161 g/mol. The van der Waals surface area contributed by atoms with Crippen molar-refractivity contribution in [2.45, 2.75) is 40.0 Å². The molecule has 1 radical (unpaired) electrons. The fraction of sp³-hybridized carbons (Fsp3) is 0.500. The maximum atomic E-state index is 3.28. The van der Waals surface area contributed by atoms with Gasteiger partial charge in [0.2, 0.25) is 0 Å². The second kappa shape index (κ2) is 2.93. The van der Waals surface area contributed by atoms with Gasteiger partial charge in [-0.15, -0.1) is 0 Å². The van der Waals surface area contributed by atoms with Crippen molar-refractivity contribution in [1.82, 2.24) is 0 Å². The molecular formula is C12H17. The Morgan fingerprint density at radius 3 is 1.75 bits per heavy atom. The summed E-state index contributed by atoms with van der Waals surface area (Å²) in [7, 11) is 0. The predicted molar refractivity (Wildman–Crippen MR) is 53.5 cm³/mol. The fourth-order valence-electron chi connectivity index (χ4n) is 1.32. The smallest absolute Gasteiger partial charge is 0.0120 e. The molecule has 0 spiro atoms. The van der Waals surface area contributed by atoms with Gasteiger partial charge in [-0.3, -0.25) is 0 Å². The van der Waals surface area contributed by atoms with Crippen molar-refractivity contribution in [2.24, 2.45) is 0 Å². The highest BCUT2D eigenvalue weighted by Crippen LogP contribution is 2.23. The lowest BCUT2D eigenvalue weighted by Crippen LogP contribution is -2.11. The molecule has 0 aromatic heterocycles. The van der Waals surface area contributed by atoms with Gasteiger partial charge in [0.15, 0.2) is 0 Å². The summed E-state index contributed by atoms with van der Waals surface area (Å²) in [6.45, 7) is 10.9. The molecule has 0 aliphatic rings. The average Bonchev–Trinajstić information content (AvgIpc) is 1.82. The minimum absolute atomic E-state index is 0.255. The van der Waals surface area contributed by atoms with E-state index in [1.54, 1.807) is 0 Å². The molecule has 0 bridgehead atoms. The van der Waals surface area contributed by atoms with Gasteiger partial charge in [0, 0.05) is 0 Å². The predicted octanol–water partition coefficient (Wildman–Crippen LogP) is 3.40. The van der Waals surface area contributed by atoms with Crippen LogP contribution < -0.4 is 0 Å². The third-order valence-electron chi connectivity index (χ3n) is 2.00. The molecule has 0 heteroatoms. The van der Waals surface area contributed by atoms with Gasteiger partial charge in [-0.1, -0.05) is 32.9 Å².